The summed E-state index contributed by atoms with van der Waals surface area (Å²) in [4.78, 5) is 30.3. The van der Waals surface area contributed by atoms with Crippen molar-refractivity contribution in [3.63, 3.8) is 0 Å². The number of nitriles is 1. The molecule has 0 fully saturated rings. The molecule has 0 radical (unpaired) electrons. The number of amides is 1. The highest BCUT2D eigenvalue weighted by Gasteiger charge is 2.22. The molecule has 0 unspecified atom stereocenters. The Kier molecular flexibility index (Phi) is 6.03. The van der Waals surface area contributed by atoms with Crippen molar-refractivity contribution in [3.05, 3.63) is 75.5 Å². The molecule has 4 rings (SSSR count). The number of nitro groups is 1. The predicted octanol–water partition coefficient (Wildman–Crippen LogP) is 3.84. The predicted molar refractivity (Wildman–Crippen MR) is 130 cm³/mol. The van der Waals surface area contributed by atoms with E-state index in [1.54, 1.807) is 38.2 Å². The fourth-order valence-corrected chi connectivity index (χ4v) is 3.74. The summed E-state index contributed by atoms with van der Waals surface area (Å²) in [6.07, 6.45) is 1.32. The van der Waals surface area contributed by atoms with Gasteiger partial charge < -0.3 is 15.0 Å². The summed E-state index contributed by atoms with van der Waals surface area (Å²) in [7, 11) is 4.90. The van der Waals surface area contributed by atoms with E-state index < -0.39 is 10.8 Å². The zero-order chi connectivity index (χ0) is 25.3. The highest BCUT2D eigenvalue weighted by atomic mass is 16.6. The third kappa shape index (κ3) is 4.20. The molecule has 0 saturated carbocycles. The Bertz CT molecular complexity index is 1520. The van der Waals surface area contributed by atoms with Gasteiger partial charge in [-0.1, -0.05) is 12.1 Å². The minimum absolute atomic E-state index is 0.0586. The van der Waals surface area contributed by atoms with E-state index in [-0.39, 0.29) is 22.6 Å². The van der Waals surface area contributed by atoms with Gasteiger partial charge in [-0.05, 0) is 36.8 Å². The van der Waals surface area contributed by atoms with Crippen LogP contribution in [0.15, 0.2) is 48.7 Å². The van der Waals surface area contributed by atoms with E-state index in [9.17, 15) is 20.2 Å². The van der Waals surface area contributed by atoms with Crippen LogP contribution in [0.3, 0.4) is 0 Å². The molecule has 11 nitrogen and oxygen atoms in total. The summed E-state index contributed by atoms with van der Waals surface area (Å²) < 4.78 is 6.78. The van der Waals surface area contributed by atoms with Gasteiger partial charge >= 0.3 is 0 Å². The Morgan fingerprint density at radius 1 is 1.26 bits per heavy atom. The van der Waals surface area contributed by atoms with Gasteiger partial charge in [0.2, 0.25) is 0 Å². The number of benzene rings is 2. The Morgan fingerprint density at radius 3 is 2.69 bits per heavy atom. The van der Waals surface area contributed by atoms with Crippen molar-refractivity contribution in [2.75, 3.05) is 31.4 Å². The molecule has 2 aromatic heterocycles. The minimum atomic E-state index is -0.633. The van der Waals surface area contributed by atoms with Gasteiger partial charge in [0.15, 0.2) is 11.6 Å². The van der Waals surface area contributed by atoms with Crippen molar-refractivity contribution in [2.24, 2.45) is 0 Å². The van der Waals surface area contributed by atoms with Crippen LogP contribution in [0.1, 0.15) is 21.5 Å². The zero-order valence-electron chi connectivity index (χ0n) is 19.4. The lowest BCUT2D eigenvalue weighted by Crippen LogP contribution is -2.18. The number of aryl methyl sites for hydroxylation is 1. The molecule has 176 valence electrons. The van der Waals surface area contributed by atoms with Gasteiger partial charge in [-0.2, -0.15) is 15.0 Å². The highest BCUT2D eigenvalue weighted by molar-refractivity contribution is 6.05. The van der Waals surface area contributed by atoms with Crippen LogP contribution in [-0.2, 0) is 0 Å². The first-order valence-corrected chi connectivity index (χ1v) is 10.4. The molecule has 0 saturated heterocycles. The summed E-state index contributed by atoms with van der Waals surface area (Å²) in [5, 5.41) is 28.9. The van der Waals surface area contributed by atoms with E-state index in [0.717, 1.165) is 10.9 Å². The summed E-state index contributed by atoms with van der Waals surface area (Å²) in [5.41, 5.74) is 1.81. The van der Waals surface area contributed by atoms with Gasteiger partial charge in [0.1, 0.15) is 28.6 Å². The van der Waals surface area contributed by atoms with E-state index in [2.05, 4.69) is 15.4 Å². The molecule has 0 bridgehead atoms. The molecule has 2 aromatic carbocycles. The molecule has 0 spiro atoms. The lowest BCUT2D eigenvalue weighted by molar-refractivity contribution is -0.384. The summed E-state index contributed by atoms with van der Waals surface area (Å²) in [5.74, 6) is 0.397. The van der Waals surface area contributed by atoms with Gasteiger partial charge in [-0.15, -0.1) is 0 Å². The molecule has 4 aromatic rings. The molecular formula is C24H21N7O4. The first kappa shape index (κ1) is 23.2. The number of fused-ring (bicyclic) bond motifs is 1. The fourth-order valence-electron chi connectivity index (χ4n) is 3.74. The van der Waals surface area contributed by atoms with Crippen LogP contribution >= 0.6 is 0 Å². The Hall–Kier alpha value is -4.98. The van der Waals surface area contributed by atoms with Gasteiger partial charge in [0.05, 0.1) is 18.2 Å². The maximum atomic E-state index is 13.1. The molecule has 0 atom stereocenters. The highest BCUT2D eigenvalue weighted by Crippen LogP contribution is 2.30. The summed E-state index contributed by atoms with van der Waals surface area (Å²) >= 11 is 0. The van der Waals surface area contributed by atoms with Crippen molar-refractivity contribution in [3.8, 4) is 17.6 Å². The number of carbonyl (C=O) groups excluding carboxylic acids is 1. The van der Waals surface area contributed by atoms with Crippen molar-refractivity contribution in [1.29, 1.82) is 5.26 Å². The fraction of sp³-hybridized carbons (Fsp3) is 0.167. The van der Waals surface area contributed by atoms with Crippen LogP contribution in [0.5, 0.6) is 5.75 Å². The van der Waals surface area contributed by atoms with Crippen LogP contribution < -0.4 is 15.0 Å². The number of carbonyl (C=O) groups is 1. The molecular weight excluding hydrogens is 450 g/mol. The van der Waals surface area contributed by atoms with E-state index in [1.165, 1.54) is 29.1 Å². The van der Waals surface area contributed by atoms with Crippen molar-refractivity contribution in [2.45, 2.75) is 6.92 Å². The van der Waals surface area contributed by atoms with Crippen LogP contribution in [0.4, 0.5) is 17.2 Å². The second-order valence-electron chi connectivity index (χ2n) is 7.89. The van der Waals surface area contributed by atoms with Gasteiger partial charge in [0, 0.05) is 31.1 Å². The minimum Gasteiger partial charge on any atom is -0.494 e. The standard InChI is InChI=1S/C24H21N7O4/c1-14-10-21(27-22-17(14)6-5-7-20(22)35-4)30-23(16(12-25)13-26-30)28-24(32)15-8-9-18(29(2)3)19(11-15)31(33)34/h5-11,13H,1-4H3,(H,28,32). The molecule has 1 N–H and O–H groups in total. The number of pyridine rings is 1. The zero-order valence-corrected chi connectivity index (χ0v) is 19.4. The molecule has 11 heteroatoms. The third-order valence-electron chi connectivity index (χ3n) is 5.47. The third-order valence-corrected chi connectivity index (χ3v) is 5.47. The normalized spacial score (nSPS) is 10.6. The monoisotopic (exact) mass is 471 g/mol. The quantitative estimate of drug-likeness (QED) is 0.330. The van der Waals surface area contributed by atoms with Crippen LogP contribution in [-0.4, -0.2) is 46.8 Å². The Labute approximate surface area is 200 Å². The maximum Gasteiger partial charge on any atom is 0.293 e. The summed E-state index contributed by atoms with van der Waals surface area (Å²) in [6, 6.07) is 13.5. The smallest absolute Gasteiger partial charge is 0.293 e. The van der Waals surface area contributed by atoms with Gasteiger partial charge in [-0.3, -0.25) is 14.9 Å². The number of ether oxygens (including phenoxy) is 1. The van der Waals surface area contributed by atoms with Crippen molar-refractivity contribution in [1.82, 2.24) is 14.8 Å². The number of aromatic nitrogens is 3. The van der Waals surface area contributed by atoms with E-state index in [1.807, 2.05) is 25.1 Å². The largest absolute Gasteiger partial charge is 0.494 e. The molecule has 0 aliphatic carbocycles. The van der Waals surface area contributed by atoms with E-state index in [0.29, 0.717) is 22.8 Å². The number of rotatable bonds is 6. The average molecular weight is 471 g/mol. The Balaban J connectivity index is 1.78. The number of hydrogen-bond acceptors (Lipinski definition) is 8. The molecule has 0 aliphatic rings. The summed E-state index contributed by atoms with van der Waals surface area (Å²) in [6.45, 7) is 1.91. The number of nitrogens with zero attached hydrogens (tertiary/aromatic N) is 6. The van der Waals surface area contributed by atoms with Crippen molar-refractivity contribution >= 4 is 34.0 Å². The van der Waals surface area contributed by atoms with Crippen LogP contribution in [0, 0.1) is 28.4 Å². The SMILES string of the molecule is COc1cccc2c(C)cc(-n3ncc(C#N)c3NC(=O)c3ccc(N(C)C)c([N+](=O)[O-])c3)nc12. The lowest BCUT2D eigenvalue weighted by Gasteiger charge is -2.14. The lowest BCUT2D eigenvalue weighted by atomic mass is 10.1. The second kappa shape index (κ2) is 9.11. The average Bonchev–Trinajstić information content (AvgIpc) is 3.25. The number of methoxy groups -OCH3 is 1. The second-order valence-corrected chi connectivity index (χ2v) is 7.89. The topological polar surface area (TPSA) is 139 Å². The van der Waals surface area contributed by atoms with E-state index in [4.69, 9.17) is 4.74 Å². The first-order valence-electron chi connectivity index (χ1n) is 10.4. The number of hydrogen-bond donors (Lipinski definition) is 1. The van der Waals surface area contributed by atoms with Gasteiger partial charge in [0.25, 0.3) is 11.6 Å². The molecule has 1 amide bonds. The molecule has 35 heavy (non-hydrogen) atoms. The first-order chi connectivity index (χ1) is 16.7. The molecule has 0 aliphatic heterocycles. The molecule has 2 heterocycles. The van der Waals surface area contributed by atoms with Crippen LogP contribution in [0.25, 0.3) is 16.7 Å². The van der Waals surface area contributed by atoms with Gasteiger partial charge in [-0.25, -0.2) is 4.98 Å². The maximum absolute atomic E-state index is 13.1. The number of anilines is 2. The number of nitro benzene ring substituents is 1. The van der Waals surface area contributed by atoms with Crippen molar-refractivity contribution < 1.29 is 14.5 Å². The Morgan fingerprint density at radius 2 is 2.03 bits per heavy atom. The number of para-hydroxylation sites is 1. The van der Waals surface area contributed by atoms with E-state index >= 15 is 0 Å². The number of nitrogens with one attached hydrogen (secondary N) is 1. The van der Waals surface area contributed by atoms with Crippen LogP contribution in [0.2, 0.25) is 0 Å².